The van der Waals surface area contributed by atoms with Gasteiger partial charge in [0.15, 0.2) is 5.82 Å². The molecular weight excluding hydrogens is 430 g/mol. The topological polar surface area (TPSA) is 48.1 Å². The standard InChI is InChI=1S/C26H27N5OS/c1-19-4-3-5-20(16-19)17-29(22-6-7-22)18-30-26(33)31(23-8-10-24(32-2)11-9-23)25(28-30)21-12-14-27-15-13-21/h3-5,8-16,22H,6-7,17-18H2,1-2H3. The fourth-order valence-corrected chi connectivity index (χ4v) is 4.39. The lowest BCUT2D eigenvalue weighted by Gasteiger charge is -2.22. The van der Waals surface area contributed by atoms with Crippen molar-refractivity contribution in [3.63, 3.8) is 0 Å². The maximum Gasteiger partial charge on any atom is 0.204 e. The number of nitrogens with zero attached hydrogens (tertiary/aromatic N) is 5. The fourth-order valence-electron chi connectivity index (χ4n) is 4.10. The SMILES string of the molecule is COc1ccc(-n2c(-c3ccncc3)nn(CN(Cc3cccc(C)c3)C3CC3)c2=S)cc1. The first-order valence-corrected chi connectivity index (χ1v) is 11.6. The quantitative estimate of drug-likeness (QED) is 0.331. The second kappa shape index (κ2) is 9.29. The van der Waals surface area contributed by atoms with Crippen molar-refractivity contribution in [2.24, 2.45) is 0 Å². The van der Waals surface area contributed by atoms with Gasteiger partial charge in [0.2, 0.25) is 4.77 Å². The third-order valence-corrected chi connectivity index (χ3v) is 6.35. The molecule has 0 unspecified atom stereocenters. The lowest BCUT2D eigenvalue weighted by Crippen LogP contribution is -2.29. The molecule has 0 atom stereocenters. The summed E-state index contributed by atoms with van der Waals surface area (Å²) in [7, 11) is 1.67. The van der Waals surface area contributed by atoms with Gasteiger partial charge in [-0.05, 0) is 73.9 Å². The predicted octanol–water partition coefficient (Wildman–Crippen LogP) is 5.40. The van der Waals surface area contributed by atoms with Crippen LogP contribution in [0, 0.1) is 11.7 Å². The first kappa shape index (κ1) is 21.6. The minimum atomic E-state index is 0.572. The van der Waals surface area contributed by atoms with E-state index < -0.39 is 0 Å². The minimum Gasteiger partial charge on any atom is -0.497 e. The van der Waals surface area contributed by atoms with Gasteiger partial charge in [-0.2, -0.15) is 0 Å². The van der Waals surface area contributed by atoms with Crippen LogP contribution in [0.3, 0.4) is 0 Å². The van der Waals surface area contributed by atoms with E-state index in [0.717, 1.165) is 29.4 Å². The highest BCUT2D eigenvalue weighted by molar-refractivity contribution is 7.71. The van der Waals surface area contributed by atoms with Crippen molar-refractivity contribution in [2.75, 3.05) is 7.11 Å². The molecule has 0 amide bonds. The Morgan fingerprint density at radius 3 is 2.48 bits per heavy atom. The van der Waals surface area contributed by atoms with Gasteiger partial charge in [0, 0.05) is 30.5 Å². The third-order valence-electron chi connectivity index (χ3n) is 5.96. The molecule has 33 heavy (non-hydrogen) atoms. The molecule has 168 valence electrons. The van der Waals surface area contributed by atoms with Crippen LogP contribution in [-0.4, -0.2) is 37.4 Å². The van der Waals surface area contributed by atoms with E-state index in [0.29, 0.717) is 17.5 Å². The van der Waals surface area contributed by atoms with Gasteiger partial charge in [0.05, 0.1) is 19.5 Å². The minimum absolute atomic E-state index is 0.572. The smallest absolute Gasteiger partial charge is 0.204 e. The monoisotopic (exact) mass is 457 g/mol. The second-order valence-corrected chi connectivity index (χ2v) is 8.85. The lowest BCUT2D eigenvalue weighted by atomic mass is 10.1. The van der Waals surface area contributed by atoms with Gasteiger partial charge >= 0.3 is 0 Å². The Bertz CT molecular complexity index is 1290. The van der Waals surface area contributed by atoms with Gasteiger partial charge in [0.25, 0.3) is 0 Å². The van der Waals surface area contributed by atoms with Crippen molar-refractivity contribution >= 4 is 12.2 Å². The Kier molecular flexibility index (Phi) is 6.07. The van der Waals surface area contributed by atoms with E-state index in [2.05, 4.69) is 41.1 Å². The van der Waals surface area contributed by atoms with Crippen LogP contribution in [0.1, 0.15) is 24.0 Å². The van der Waals surface area contributed by atoms with Gasteiger partial charge in [-0.25, -0.2) is 4.68 Å². The number of ether oxygens (including phenoxy) is 1. The molecule has 4 aromatic rings. The van der Waals surface area contributed by atoms with Gasteiger partial charge in [-0.3, -0.25) is 14.5 Å². The van der Waals surface area contributed by atoms with Gasteiger partial charge < -0.3 is 4.74 Å². The summed E-state index contributed by atoms with van der Waals surface area (Å²) in [5.41, 5.74) is 4.53. The number of aryl methyl sites for hydroxylation is 1. The number of hydrogen-bond donors (Lipinski definition) is 0. The van der Waals surface area contributed by atoms with Crippen molar-refractivity contribution < 1.29 is 4.74 Å². The Morgan fingerprint density at radius 2 is 1.82 bits per heavy atom. The highest BCUT2D eigenvalue weighted by Gasteiger charge is 2.30. The molecule has 1 saturated carbocycles. The largest absolute Gasteiger partial charge is 0.497 e. The molecule has 6 nitrogen and oxygen atoms in total. The van der Waals surface area contributed by atoms with E-state index in [4.69, 9.17) is 22.1 Å². The highest BCUT2D eigenvalue weighted by atomic mass is 32.1. The summed E-state index contributed by atoms with van der Waals surface area (Å²) in [5.74, 6) is 1.61. The van der Waals surface area contributed by atoms with Crippen LogP contribution >= 0.6 is 12.2 Å². The summed E-state index contributed by atoms with van der Waals surface area (Å²) in [6.45, 7) is 3.67. The molecule has 0 radical (unpaired) electrons. The van der Waals surface area contributed by atoms with Crippen LogP contribution in [0.5, 0.6) is 5.75 Å². The van der Waals surface area contributed by atoms with Crippen molar-refractivity contribution in [1.29, 1.82) is 0 Å². The Balaban J connectivity index is 1.53. The van der Waals surface area contributed by atoms with E-state index in [1.54, 1.807) is 19.5 Å². The van der Waals surface area contributed by atoms with Crippen LogP contribution in [0.4, 0.5) is 0 Å². The number of benzene rings is 2. The zero-order valence-corrected chi connectivity index (χ0v) is 19.7. The Labute approximate surface area is 199 Å². The molecule has 1 aliphatic carbocycles. The summed E-state index contributed by atoms with van der Waals surface area (Å²) < 4.78 is 9.98. The average molecular weight is 458 g/mol. The van der Waals surface area contributed by atoms with E-state index in [1.807, 2.05) is 45.6 Å². The first-order valence-electron chi connectivity index (χ1n) is 11.2. The zero-order chi connectivity index (χ0) is 22.8. The maximum absolute atomic E-state index is 5.96. The van der Waals surface area contributed by atoms with Crippen LogP contribution in [0.15, 0.2) is 73.1 Å². The molecule has 0 bridgehead atoms. The summed E-state index contributed by atoms with van der Waals surface area (Å²) in [4.78, 5) is 6.64. The van der Waals surface area contributed by atoms with Crippen molar-refractivity contribution in [1.82, 2.24) is 24.2 Å². The van der Waals surface area contributed by atoms with Crippen molar-refractivity contribution in [3.8, 4) is 22.8 Å². The molecule has 7 heteroatoms. The number of hydrogen-bond acceptors (Lipinski definition) is 5. The average Bonchev–Trinajstić information content (AvgIpc) is 3.64. The van der Waals surface area contributed by atoms with Gasteiger partial charge in [-0.1, -0.05) is 29.8 Å². The molecule has 2 heterocycles. The molecule has 0 aliphatic heterocycles. The van der Waals surface area contributed by atoms with Crippen LogP contribution < -0.4 is 4.74 Å². The normalized spacial score (nSPS) is 13.4. The van der Waals surface area contributed by atoms with E-state index in [-0.39, 0.29) is 0 Å². The van der Waals surface area contributed by atoms with Gasteiger partial charge in [-0.15, -0.1) is 5.10 Å². The summed E-state index contributed by atoms with van der Waals surface area (Å²) in [6.07, 6.45) is 6.00. The van der Waals surface area contributed by atoms with Crippen molar-refractivity contribution in [3.05, 3.63) is 89.0 Å². The maximum atomic E-state index is 5.96. The summed E-state index contributed by atoms with van der Waals surface area (Å²) in [6, 6.07) is 21.1. The Morgan fingerprint density at radius 1 is 1.06 bits per heavy atom. The Hall–Kier alpha value is -3.29. The lowest BCUT2D eigenvalue weighted by molar-refractivity contribution is 0.186. The van der Waals surface area contributed by atoms with E-state index >= 15 is 0 Å². The first-order chi connectivity index (χ1) is 16.1. The van der Waals surface area contributed by atoms with Crippen LogP contribution in [-0.2, 0) is 13.2 Å². The third kappa shape index (κ3) is 4.74. The number of aromatic nitrogens is 4. The molecule has 1 aliphatic rings. The number of rotatable bonds is 8. The summed E-state index contributed by atoms with van der Waals surface area (Å²) >= 11 is 5.96. The van der Waals surface area contributed by atoms with Crippen LogP contribution in [0.25, 0.3) is 17.1 Å². The van der Waals surface area contributed by atoms with Crippen LogP contribution in [0.2, 0.25) is 0 Å². The second-order valence-electron chi connectivity index (χ2n) is 8.48. The number of methoxy groups -OCH3 is 1. The molecule has 5 rings (SSSR count). The molecule has 0 N–H and O–H groups in total. The number of pyridine rings is 1. The predicted molar refractivity (Wildman–Crippen MR) is 132 cm³/mol. The molecule has 1 fully saturated rings. The molecular formula is C26H27N5OS. The van der Waals surface area contributed by atoms with E-state index in [9.17, 15) is 0 Å². The molecule has 2 aromatic carbocycles. The van der Waals surface area contributed by atoms with Gasteiger partial charge in [0.1, 0.15) is 5.75 Å². The molecule has 0 saturated heterocycles. The fraction of sp³-hybridized carbons (Fsp3) is 0.269. The zero-order valence-electron chi connectivity index (χ0n) is 18.9. The van der Waals surface area contributed by atoms with E-state index in [1.165, 1.54) is 24.0 Å². The summed E-state index contributed by atoms with van der Waals surface area (Å²) in [5, 5.41) is 4.98. The molecule has 0 spiro atoms. The highest BCUT2D eigenvalue weighted by Crippen LogP contribution is 2.30. The molecule has 2 aromatic heterocycles. The van der Waals surface area contributed by atoms with Crippen molar-refractivity contribution in [2.45, 2.75) is 39.0 Å².